The molecular formula is C16H15BrN2O2. The standard InChI is InChI=1S/C16H15BrN2O2/c1-9(10-5-3-2-4-6-10)21-14-8-13-11(7-12(14)17)15(18)16(20)19-13/h2-9,15H,18H2,1H3,(H,19,20). The van der Waals surface area contributed by atoms with Gasteiger partial charge in [0, 0.05) is 17.3 Å². The predicted octanol–water partition coefficient (Wildman–Crippen LogP) is 3.54. The maximum absolute atomic E-state index is 11.6. The van der Waals surface area contributed by atoms with Crippen molar-refractivity contribution in [3.63, 3.8) is 0 Å². The quantitative estimate of drug-likeness (QED) is 0.893. The molecule has 0 bridgehead atoms. The summed E-state index contributed by atoms with van der Waals surface area (Å²) in [5.41, 5.74) is 8.41. The Hall–Kier alpha value is -1.85. The zero-order valence-corrected chi connectivity index (χ0v) is 13.1. The normalized spacial score (nSPS) is 18.0. The number of halogens is 1. The van der Waals surface area contributed by atoms with Gasteiger partial charge < -0.3 is 15.8 Å². The molecule has 3 rings (SSSR count). The number of carbonyl (C=O) groups is 1. The average Bonchev–Trinajstić information content (AvgIpc) is 2.75. The Labute approximate surface area is 131 Å². The summed E-state index contributed by atoms with van der Waals surface area (Å²) in [5.74, 6) is 0.490. The van der Waals surface area contributed by atoms with Crippen molar-refractivity contribution in [3.8, 4) is 5.75 Å². The van der Waals surface area contributed by atoms with Crippen LogP contribution in [-0.4, -0.2) is 5.91 Å². The largest absolute Gasteiger partial charge is 0.485 e. The van der Waals surface area contributed by atoms with E-state index in [1.807, 2.05) is 49.4 Å². The van der Waals surface area contributed by atoms with Crippen molar-refractivity contribution in [2.24, 2.45) is 5.73 Å². The van der Waals surface area contributed by atoms with Gasteiger partial charge in [-0.3, -0.25) is 4.79 Å². The summed E-state index contributed by atoms with van der Waals surface area (Å²) in [6.45, 7) is 1.99. The van der Waals surface area contributed by atoms with E-state index in [-0.39, 0.29) is 12.0 Å². The number of carbonyl (C=O) groups excluding carboxylic acids is 1. The Bertz CT molecular complexity index is 688. The number of rotatable bonds is 3. The highest BCUT2D eigenvalue weighted by Gasteiger charge is 2.28. The summed E-state index contributed by atoms with van der Waals surface area (Å²) >= 11 is 3.48. The second kappa shape index (κ2) is 5.50. The molecule has 2 aromatic rings. The topological polar surface area (TPSA) is 64.3 Å². The minimum atomic E-state index is -0.614. The molecule has 2 unspecified atom stereocenters. The van der Waals surface area contributed by atoms with E-state index in [2.05, 4.69) is 21.2 Å². The first kappa shape index (κ1) is 14.1. The second-order valence-corrected chi connectivity index (χ2v) is 5.86. The first-order chi connectivity index (χ1) is 10.1. The average molecular weight is 347 g/mol. The lowest BCUT2D eigenvalue weighted by Crippen LogP contribution is -2.19. The number of hydrogen-bond acceptors (Lipinski definition) is 3. The molecule has 0 fully saturated rings. The molecule has 5 heteroatoms. The third-order valence-corrected chi connectivity index (χ3v) is 4.17. The fourth-order valence-electron chi connectivity index (χ4n) is 2.36. The molecule has 0 radical (unpaired) electrons. The van der Waals surface area contributed by atoms with E-state index in [1.165, 1.54) is 0 Å². The highest BCUT2D eigenvalue weighted by Crippen LogP contribution is 2.39. The highest BCUT2D eigenvalue weighted by atomic mass is 79.9. The van der Waals surface area contributed by atoms with Crippen LogP contribution in [0, 0.1) is 0 Å². The molecule has 1 aliphatic rings. The number of fused-ring (bicyclic) bond motifs is 1. The Morgan fingerprint density at radius 2 is 2.00 bits per heavy atom. The number of anilines is 1. The van der Waals surface area contributed by atoms with Crippen LogP contribution in [0.2, 0.25) is 0 Å². The van der Waals surface area contributed by atoms with Crippen LogP contribution in [0.25, 0.3) is 0 Å². The van der Waals surface area contributed by atoms with E-state index in [0.29, 0.717) is 11.4 Å². The molecule has 0 spiro atoms. The lowest BCUT2D eigenvalue weighted by molar-refractivity contribution is -0.116. The van der Waals surface area contributed by atoms with Crippen LogP contribution in [0.4, 0.5) is 5.69 Å². The van der Waals surface area contributed by atoms with Crippen molar-refractivity contribution in [2.75, 3.05) is 5.32 Å². The number of amides is 1. The molecule has 1 heterocycles. The van der Waals surface area contributed by atoms with Gasteiger partial charge in [-0.25, -0.2) is 0 Å². The Kier molecular flexibility index (Phi) is 3.69. The van der Waals surface area contributed by atoms with Crippen molar-refractivity contribution in [1.29, 1.82) is 0 Å². The van der Waals surface area contributed by atoms with E-state index in [0.717, 1.165) is 15.6 Å². The Balaban J connectivity index is 1.87. The van der Waals surface area contributed by atoms with Gasteiger partial charge in [-0.2, -0.15) is 0 Å². The van der Waals surface area contributed by atoms with Gasteiger partial charge in [0.1, 0.15) is 17.9 Å². The molecule has 1 amide bonds. The first-order valence-corrected chi connectivity index (χ1v) is 7.47. The fourth-order valence-corrected chi connectivity index (χ4v) is 2.81. The molecule has 3 N–H and O–H groups in total. The van der Waals surface area contributed by atoms with Crippen molar-refractivity contribution < 1.29 is 9.53 Å². The molecule has 1 aliphatic heterocycles. The van der Waals surface area contributed by atoms with Crippen molar-refractivity contribution in [1.82, 2.24) is 0 Å². The van der Waals surface area contributed by atoms with Crippen LogP contribution in [0.15, 0.2) is 46.9 Å². The minimum Gasteiger partial charge on any atom is -0.485 e. The van der Waals surface area contributed by atoms with E-state index in [9.17, 15) is 4.79 Å². The fraction of sp³-hybridized carbons (Fsp3) is 0.188. The third kappa shape index (κ3) is 2.66. The number of ether oxygens (including phenoxy) is 1. The number of nitrogens with two attached hydrogens (primary N) is 1. The highest BCUT2D eigenvalue weighted by molar-refractivity contribution is 9.10. The summed E-state index contributed by atoms with van der Waals surface area (Å²) < 4.78 is 6.78. The van der Waals surface area contributed by atoms with Gasteiger partial charge in [-0.1, -0.05) is 30.3 Å². The van der Waals surface area contributed by atoms with Crippen LogP contribution in [-0.2, 0) is 4.79 Å². The lowest BCUT2D eigenvalue weighted by atomic mass is 10.1. The van der Waals surface area contributed by atoms with Gasteiger partial charge in [0.15, 0.2) is 0 Å². The zero-order chi connectivity index (χ0) is 15.0. The van der Waals surface area contributed by atoms with Gasteiger partial charge in [0.25, 0.3) is 0 Å². The van der Waals surface area contributed by atoms with E-state index < -0.39 is 6.04 Å². The zero-order valence-electron chi connectivity index (χ0n) is 11.5. The summed E-state index contributed by atoms with van der Waals surface area (Å²) in [7, 11) is 0. The van der Waals surface area contributed by atoms with Gasteiger partial charge in [-0.05, 0) is 34.5 Å². The van der Waals surface area contributed by atoms with Gasteiger partial charge in [0.05, 0.1) is 4.47 Å². The SMILES string of the molecule is CC(Oc1cc2c(cc1Br)C(N)C(=O)N2)c1ccccc1. The summed E-state index contributed by atoms with van der Waals surface area (Å²) in [5, 5.41) is 2.76. The molecule has 2 aromatic carbocycles. The predicted molar refractivity (Wildman–Crippen MR) is 85.2 cm³/mol. The monoisotopic (exact) mass is 346 g/mol. The van der Waals surface area contributed by atoms with Crippen LogP contribution >= 0.6 is 15.9 Å². The molecule has 4 nitrogen and oxygen atoms in total. The molecule has 0 saturated heterocycles. The summed E-state index contributed by atoms with van der Waals surface area (Å²) in [6, 6.07) is 13.0. The second-order valence-electron chi connectivity index (χ2n) is 5.01. The van der Waals surface area contributed by atoms with Crippen molar-refractivity contribution in [2.45, 2.75) is 19.1 Å². The van der Waals surface area contributed by atoms with Crippen LogP contribution in [0.1, 0.15) is 30.2 Å². The molecule has 108 valence electrons. The maximum atomic E-state index is 11.6. The van der Waals surface area contributed by atoms with Crippen LogP contribution in [0.3, 0.4) is 0 Å². The van der Waals surface area contributed by atoms with E-state index in [4.69, 9.17) is 10.5 Å². The molecule has 0 aromatic heterocycles. The molecule has 0 aliphatic carbocycles. The molecular weight excluding hydrogens is 332 g/mol. The number of benzene rings is 2. The number of hydrogen-bond donors (Lipinski definition) is 2. The summed E-state index contributed by atoms with van der Waals surface area (Å²) in [6.07, 6.45) is -0.0914. The van der Waals surface area contributed by atoms with E-state index in [1.54, 1.807) is 0 Å². The molecule has 0 saturated carbocycles. The Morgan fingerprint density at radius 3 is 2.71 bits per heavy atom. The molecule has 2 atom stereocenters. The summed E-state index contributed by atoms with van der Waals surface area (Å²) in [4.78, 5) is 11.6. The van der Waals surface area contributed by atoms with Crippen molar-refractivity contribution in [3.05, 3.63) is 58.1 Å². The van der Waals surface area contributed by atoms with Gasteiger partial charge in [-0.15, -0.1) is 0 Å². The van der Waals surface area contributed by atoms with Crippen molar-refractivity contribution >= 4 is 27.5 Å². The van der Waals surface area contributed by atoms with Crippen LogP contribution < -0.4 is 15.8 Å². The first-order valence-electron chi connectivity index (χ1n) is 6.68. The molecule has 21 heavy (non-hydrogen) atoms. The van der Waals surface area contributed by atoms with Crippen LogP contribution in [0.5, 0.6) is 5.75 Å². The van der Waals surface area contributed by atoms with Gasteiger partial charge >= 0.3 is 0 Å². The lowest BCUT2D eigenvalue weighted by Gasteiger charge is -2.17. The number of nitrogens with one attached hydrogen (secondary N) is 1. The van der Waals surface area contributed by atoms with Gasteiger partial charge in [0.2, 0.25) is 5.91 Å². The smallest absolute Gasteiger partial charge is 0.245 e. The minimum absolute atomic E-state index is 0.0914. The third-order valence-electron chi connectivity index (χ3n) is 3.55. The van der Waals surface area contributed by atoms with E-state index >= 15 is 0 Å². The Morgan fingerprint density at radius 1 is 1.29 bits per heavy atom. The maximum Gasteiger partial charge on any atom is 0.245 e.